The summed E-state index contributed by atoms with van der Waals surface area (Å²) in [7, 11) is -1.92. The van der Waals surface area contributed by atoms with Crippen LogP contribution >= 0.6 is 0 Å². The number of nitrogens with one attached hydrogen (secondary N) is 1. The minimum absolute atomic E-state index is 0.136. The molecule has 0 heterocycles. The Morgan fingerprint density at radius 1 is 1.10 bits per heavy atom. The first-order chi connectivity index (χ1) is 9.46. The van der Waals surface area contributed by atoms with E-state index >= 15 is 0 Å². The molecule has 3 nitrogen and oxygen atoms in total. The summed E-state index contributed by atoms with van der Waals surface area (Å²) in [6.07, 6.45) is 4.15. The van der Waals surface area contributed by atoms with E-state index in [1.165, 1.54) is 0 Å². The van der Waals surface area contributed by atoms with Crippen LogP contribution in [0.3, 0.4) is 0 Å². The van der Waals surface area contributed by atoms with Crippen molar-refractivity contribution in [3.8, 4) is 0 Å². The van der Waals surface area contributed by atoms with Gasteiger partial charge in [-0.15, -0.1) is 0 Å². The molecule has 1 N–H and O–H groups in total. The van der Waals surface area contributed by atoms with Crippen molar-refractivity contribution in [1.29, 1.82) is 0 Å². The SMILES string of the molecule is CNC1CCCCCC1S(=O)(=O)c1ccc(F)c(F)c1. The second kappa shape index (κ2) is 6.18. The van der Waals surface area contributed by atoms with Crippen LogP contribution in [0.5, 0.6) is 0 Å². The lowest BCUT2D eigenvalue weighted by molar-refractivity contribution is 0.478. The van der Waals surface area contributed by atoms with Gasteiger partial charge in [0.1, 0.15) is 0 Å². The quantitative estimate of drug-likeness (QED) is 0.690. The van der Waals surface area contributed by atoms with Gasteiger partial charge in [0.2, 0.25) is 0 Å². The first kappa shape index (κ1) is 15.4. The van der Waals surface area contributed by atoms with E-state index in [0.717, 1.165) is 43.9 Å². The van der Waals surface area contributed by atoms with Gasteiger partial charge in [-0.3, -0.25) is 0 Å². The average molecular weight is 303 g/mol. The van der Waals surface area contributed by atoms with Gasteiger partial charge >= 0.3 is 0 Å². The molecule has 2 rings (SSSR count). The minimum atomic E-state index is -3.66. The Labute approximate surface area is 118 Å². The normalized spacial score (nSPS) is 24.4. The molecule has 0 amide bonds. The molecule has 0 radical (unpaired) electrons. The zero-order valence-corrected chi connectivity index (χ0v) is 12.2. The minimum Gasteiger partial charge on any atom is -0.316 e. The lowest BCUT2D eigenvalue weighted by atomic mass is 10.1. The highest BCUT2D eigenvalue weighted by Crippen LogP contribution is 2.28. The van der Waals surface area contributed by atoms with Crippen LogP contribution in [-0.2, 0) is 9.84 Å². The van der Waals surface area contributed by atoms with Gasteiger partial charge < -0.3 is 5.32 Å². The van der Waals surface area contributed by atoms with Crippen LogP contribution < -0.4 is 5.32 Å². The highest BCUT2D eigenvalue weighted by molar-refractivity contribution is 7.92. The Bertz CT molecular complexity index is 575. The zero-order chi connectivity index (χ0) is 14.8. The third kappa shape index (κ3) is 3.01. The molecule has 6 heteroatoms. The molecule has 1 aliphatic carbocycles. The Morgan fingerprint density at radius 2 is 1.80 bits per heavy atom. The van der Waals surface area contributed by atoms with Crippen molar-refractivity contribution < 1.29 is 17.2 Å². The lowest BCUT2D eigenvalue weighted by Gasteiger charge is -2.24. The number of hydrogen-bond acceptors (Lipinski definition) is 3. The molecule has 1 aromatic carbocycles. The molecule has 0 saturated heterocycles. The van der Waals surface area contributed by atoms with E-state index < -0.39 is 26.7 Å². The van der Waals surface area contributed by atoms with Gasteiger partial charge in [-0.25, -0.2) is 17.2 Å². The van der Waals surface area contributed by atoms with Crippen LogP contribution in [0, 0.1) is 11.6 Å². The molecule has 20 heavy (non-hydrogen) atoms. The summed E-state index contributed by atoms with van der Waals surface area (Å²) in [4.78, 5) is -0.136. The van der Waals surface area contributed by atoms with E-state index in [1.807, 2.05) is 0 Å². The molecule has 0 aromatic heterocycles. The summed E-state index contributed by atoms with van der Waals surface area (Å²) in [5.41, 5.74) is 0. The van der Waals surface area contributed by atoms with Crippen LogP contribution in [0.1, 0.15) is 32.1 Å². The summed E-state index contributed by atoms with van der Waals surface area (Å²) >= 11 is 0. The third-order valence-electron chi connectivity index (χ3n) is 3.94. The second-order valence-corrected chi connectivity index (χ2v) is 7.36. The molecular formula is C14H19F2NO2S. The standard InChI is InChI=1S/C14H19F2NO2S/c1-17-13-5-3-2-4-6-14(13)20(18,19)10-7-8-11(15)12(16)9-10/h7-9,13-14,17H,2-6H2,1H3. The number of sulfone groups is 1. The molecule has 2 atom stereocenters. The molecule has 0 bridgehead atoms. The van der Waals surface area contributed by atoms with E-state index in [2.05, 4.69) is 5.32 Å². The van der Waals surface area contributed by atoms with Gasteiger partial charge in [0, 0.05) is 6.04 Å². The molecule has 1 saturated carbocycles. The Morgan fingerprint density at radius 3 is 2.45 bits per heavy atom. The number of rotatable bonds is 3. The van der Waals surface area contributed by atoms with Crippen molar-refractivity contribution in [2.45, 2.75) is 48.3 Å². The Balaban J connectivity index is 2.38. The molecule has 2 unspecified atom stereocenters. The molecule has 1 fully saturated rings. The first-order valence-electron chi connectivity index (χ1n) is 6.83. The summed E-state index contributed by atoms with van der Waals surface area (Å²) < 4.78 is 51.5. The molecule has 0 spiro atoms. The zero-order valence-electron chi connectivity index (χ0n) is 11.4. The maximum Gasteiger partial charge on any atom is 0.182 e. The van der Waals surface area contributed by atoms with E-state index in [1.54, 1.807) is 7.05 Å². The van der Waals surface area contributed by atoms with E-state index in [-0.39, 0.29) is 10.9 Å². The van der Waals surface area contributed by atoms with Crippen LogP contribution in [0.25, 0.3) is 0 Å². The van der Waals surface area contributed by atoms with Crippen molar-refractivity contribution in [2.24, 2.45) is 0 Å². The smallest absolute Gasteiger partial charge is 0.182 e. The van der Waals surface area contributed by atoms with Crippen molar-refractivity contribution in [3.05, 3.63) is 29.8 Å². The van der Waals surface area contributed by atoms with Crippen molar-refractivity contribution in [3.63, 3.8) is 0 Å². The van der Waals surface area contributed by atoms with Gasteiger partial charge in [0.15, 0.2) is 21.5 Å². The molecular weight excluding hydrogens is 284 g/mol. The summed E-state index contributed by atoms with van der Waals surface area (Å²) in [5.74, 6) is -2.16. The van der Waals surface area contributed by atoms with Crippen molar-refractivity contribution >= 4 is 9.84 Å². The first-order valence-corrected chi connectivity index (χ1v) is 8.37. The van der Waals surface area contributed by atoms with E-state index in [4.69, 9.17) is 0 Å². The number of benzene rings is 1. The summed E-state index contributed by atoms with van der Waals surface area (Å²) in [5, 5.41) is 2.47. The Kier molecular flexibility index (Phi) is 4.75. The fraction of sp³-hybridized carbons (Fsp3) is 0.571. The van der Waals surface area contributed by atoms with Gasteiger partial charge in [-0.2, -0.15) is 0 Å². The van der Waals surface area contributed by atoms with E-state index in [9.17, 15) is 17.2 Å². The molecule has 1 aromatic rings. The highest BCUT2D eigenvalue weighted by Gasteiger charge is 2.35. The van der Waals surface area contributed by atoms with Crippen LogP contribution in [0.2, 0.25) is 0 Å². The molecule has 1 aliphatic rings. The fourth-order valence-corrected chi connectivity index (χ4v) is 4.86. The number of halogens is 2. The van der Waals surface area contributed by atoms with Crippen molar-refractivity contribution in [1.82, 2.24) is 5.32 Å². The lowest BCUT2D eigenvalue weighted by Crippen LogP contribution is -2.41. The largest absolute Gasteiger partial charge is 0.316 e. The summed E-state index contributed by atoms with van der Waals surface area (Å²) in [6.45, 7) is 0. The topological polar surface area (TPSA) is 46.2 Å². The van der Waals surface area contributed by atoms with E-state index in [0.29, 0.717) is 6.42 Å². The van der Waals surface area contributed by atoms with Crippen LogP contribution in [-0.4, -0.2) is 26.8 Å². The average Bonchev–Trinajstić information content (AvgIpc) is 2.67. The molecule has 112 valence electrons. The van der Waals surface area contributed by atoms with Gasteiger partial charge in [-0.05, 0) is 38.1 Å². The predicted molar refractivity (Wildman–Crippen MR) is 73.3 cm³/mol. The highest BCUT2D eigenvalue weighted by atomic mass is 32.2. The summed E-state index contributed by atoms with van der Waals surface area (Å²) in [6, 6.07) is 2.65. The predicted octanol–water partition coefficient (Wildman–Crippen LogP) is 2.66. The van der Waals surface area contributed by atoms with Crippen LogP contribution in [0.15, 0.2) is 23.1 Å². The van der Waals surface area contributed by atoms with Gasteiger partial charge in [0.05, 0.1) is 10.1 Å². The van der Waals surface area contributed by atoms with Gasteiger partial charge in [0.25, 0.3) is 0 Å². The van der Waals surface area contributed by atoms with Crippen molar-refractivity contribution in [2.75, 3.05) is 7.05 Å². The van der Waals surface area contributed by atoms with Gasteiger partial charge in [-0.1, -0.05) is 19.3 Å². The maximum atomic E-state index is 13.3. The second-order valence-electron chi connectivity index (χ2n) is 5.19. The van der Waals surface area contributed by atoms with Crippen LogP contribution in [0.4, 0.5) is 8.78 Å². The Hall–Kier alpha value is -1.01. The maximum absolute atomic E-state index is 13.3. The third-order valence-corrected chi connectivity index (χ3v) is 6.21. The molecule has 0 aliphatic heterocycles. The fourth-order valence-electron chi connectivity index (χ4n) is 2.80. The number of hydrogen-bond donors (Lipinski definition) is 1. The monoisotopic (exact) mass is 303 g/mol.